The number of fused-ring (bicyclic) bond motifs is 5. The number of hydrogen-bond acceptors (Lipinski definition) is 25. The topological polar surface area (TPSA) is 372 Å². The normalized spacial score (nSPS) is 17.6. The molecule has 134 heavy (non-hydrogen) atoms. The monoisotopic (exact) mass is 1830 g/mol. The van der Waals surface area contributed by atoms with Gasteiger partial charge in [-0.25, -0.2) is 24.9 Å². The number of aromatic nitrogens is 5. The molecule has 7 aromatic rings. The highest BCUT2D eigenvalue weighted by atomic mass is 16.2. The number of nitrogens with one attached hydrogen (secondary N) is 10. The summed E-state index contributed by atoms with van der Waals surface area (Å²) in [6, 6.07) is 41.3. The molecule has 0 aliphatic carbocycles. The minimum atomic E-state index is -0.219. The number of carbonyl (C=O) groups is 10. The van der Waals surface area contributed by atoms with Crippen LogP contribution in [0.2, 0.25) is 0 Å². The Bertz CT molecular complexity index is 4960. The Kier molecular flexibility index (Phi) is 38.0. The van der Waals surface area contributed by atoms with Crippen molar-refractivity contribution in [1.29, 1.82) is 0 Å². The molecule has 3 atom stereocenters. The number of aryl methyl sites for hydroxylation is 10. The second-order valence-electron chi connectivity index (χ2n) is 37.9. The molecule has 17 rings (SSSR count). The molecule has 15 heterocycles. The molecule has 718 valence electrons. The van der Waals surface area contributed by atoms with E-state index < -0.39 is 0 Å². The molecule has 10 aliphatic heterocycles. The zero-order chi connectivity index (χ0) is 94.2. The second-order valence-corrected chi connectivity index (χ2v) is 37.9. The minimum Gasteiger partial charge on any atom is -0.370 e. The number of likely N-dealkylation sites (tertiary alicyclic amines) is 5. The Balaban J connectivity index is 0.000000142. The summed E-state index contributed by atoms with van der Waals surface area (Å²) < 4.78 is 0. The summed E-state index contributed by atoms with van der Waals surface area (Å²) in [6.07, 6.45) is 23.1. The summed E-state index contributed by atoms with van der Waals surface area (Å²) in [6.45, 7) is 23.5. The predicted octanol–water partition coefficient (Wildman–Crippen LogP) is 10.0. The third-order valence-electron chi connectivity index (χ3n) is 26.4. The molecule has 0 bridgehead atoms. The first kappa shape index (κ1) is 100. The summed E-state index contributed by atoms with van der Waals surface area (Å²) >= 11 is 0. The average Bonchev–Trinajstić information content (AvgIpc) is 0.799. The van der Waals surface area contributed by atoms with Crippen LogP contribution in [0.5, 0.6) is 0 Å². The lowest BCUT2D eigenvalue weighted by atomic mass is 9.96. The lowest BCUT2D eigenvalue weighted by Crippen LogP contribution is -2.62. The Morgan fingerprint density at radius 1 is 0.306 bits per heavy atom. The van der Waals surface area contributed by atoms with Crippen LogP contribution < -0.4 is 53.2 Å². The van der Waals surface area contributed by atoms with Gasteiger partial charge in [-0.3, -0.25) is 72.4 Å². The molecule has 0 spiro atoms. The summed E-state index contributed by atoms with van der Waals surface area (Å²) in [7, 11) is 0. The van der Waals surface area contributed by atoms with E-state index in [2.05, 4.69) is 153 Å². The Morgan fingerprint density at radius 3 is 0.806 bits per heavy atom. The fraction of sp³-hybridized carbons (Fsp3) is 0.548. The minimum absolute atomic E-state index is 0.0446. The van der Waals surface area contributed by atoms with Crippen LogP contribution in [-0.4, -0.2) is 255 Å². The van der Waals surface area contributed by atoms with Crippen molar-refractivity contribution >= 4 is 87.5 Å². The fourth-order valence-corrected chi connectivity index (χ4v) is 19.0. The Morgan fingerprint density at radius 2 is 0.552 bits per heavy atom. The van der Waals surface area contributed by atoms with E-state index in [1.807, 2.05) is 67.6 Å². The van der Waals surface area contributed by atoms with Gasteiger partial charge >= 0.3 is 0 Å². The average molecular weight is 1830 g/mol. The number of rotatable bonds is 38. The number of benzene rings is 2. The summed E-state index contributed by atoms with van der Waals surface area (Å²) in [5.41, 5.74) is 13.8. The molecule has 30 heteroatoms. The zero-order valence-electron chi connectivity index (χ0n) is 79.6. The molecule has 30 nitrogen and oxygen atoms in total. The molecule has 5 aromatic heterocycles. The van der Waals surface area contributed by atoms with Gasteiger partial charge in [0.1, 0.15) is 46.4 Å². The van der Waals surface area contributed by atoms with Gasteiger partial charge in [0.15, 0.2) is 11.6 Å². The van der Waals surface area contributed by atoms with Gasteiger partial charge in [-0.15, -0.1) is 0 Å². The largest absolute Gasteiger partial charge is 0.370 e. The van der Waals surface area contributed by atoms with Crippen molar-refractivity contribution in [2.24, 2.45) is 0 Å². The smallest absolute Gasteiger partial charge is 0.220 e. The van der Waals surface area contributed by atoms with Gasteiger partial charge in [0.2, 0.25) is 29.5 Å². The van der Waals surface area contributed by atoms with Crippen LogP contribution in [-0.2, 0) is 112 Å². The number of pyridine rings is 5. The molecule has 0 radical (unpaired) electrons. The molecule has 5 fully saturated rings. The molecule has 10 aliphatic rings. The number of carbonyl (C=O) groups excluding carboxylic acids is 10. The number of hydrogen-bond donors (Lipinski definition) is 10. The van der Waals surface area contributed by atoms with E-state index in [9.17, 15) is 47.9 Å². The van der Waals surface area contributed by atoms with E-state index in [0.717, 1.165) is 263 Å². The van der Waals surface area contributed by atoms with Crippen molar-refractivity contribution < 1.29 is 47.9 Å². The molecule has 5 saturated heterocycles. The Labute approximate surface area is 790 Å². The van der Waals surface area contributed by atoms with Crippen molar-refractivity contribution in [2.45, 2.75) is 257 Å². The SMILES string of the molecule is CC(=O)C(C)N1CC(NC(=O)CCCc2ccc3c(n2)NCCC3)C1.CC(=O)CN1CC(NC(=O)CCCCc2ccc3c(n2)NCCC3)C1.CC(=O)CN1CC(NC(=O)CCCc2ccc3c(n2)NCCC3)C1.CC(=O)[C@@H](c1ccccc1)N1CC(NC(=O)CCCc2ccc3c(n2)NCCC3)C1.CC(=O)[C@H](c1ccccc1)N1CC(NC(=O)CCCc2ccc3c(n2)NCCC3)C1. The molecule has 5 amide bonds. The highest BCUT2D eigenvalue weighted by molar-refractivity contribution is 5.85. The van der Waals surface area contributed by atoms with E-state index in [1.165, 1.54) is 40.7 Å². The van der Waals surface area contributed by atoms with Gasteiger partial charge in [-0.1, -0.05) is 91.0 Å². The molecular weight excluding hydrogens is 1690 g/mol. The van der Waals surface area contributed by atoms with Crippen LogP contribution in [0.15, 0.2) is 121 Å². The number of ketones is 5. The van der Waals surface area contributed by atoms with E-state index in [-0.39, 0.29) is 107 Å². The number of Topliss-reactive ketones (excluding diaryl/α,β-unsaturated/α-hetero) is 5. The number of unbranched alkanes of at least 4 members (excludes halogenated alkanes) is 1. The van der Waals surface area contributed by atoms with Gasteiger partial charge in [-0.2, -0.15) is 0 Å². The predicted molar refractivity (Wildman–Crippen MR) is 523 cm³/mol. The highest BCUT2D eigenvalue weighted by Gasteiger charge is 2.39. The van der Waals surface area contributed by atoms with E-state index >= 15 is 0 Å². The summed E-state index contributed by atoms with van der Waals surface area (Å²) in [4.78, 5) is 152. The molecular formula is C104H142N20O10. The molecule has 2 aromatic carbocycles. The van der Waals surface area contributed by atoms with Crippen LogP contribution in [0.4, 0.5) is 29.1 Å². The third kappa shape index (κ3) is 31.1. The van der Waals surface area contributed by atoms with E-state index in [4.69, 9.17) is 9.97 Å². The zero-order valence-corrected chi connectivity index (χ0v) is 79.6. The number of amides is 5. The summed E-state index contributed by atoms with van der Waals surface area (Å²) in [5.74, 6) is 6.36. The first-order chi connectivity index (χ1) is 64.9. The Hall–Kier alpha value is -11.3. The van der Waals surface area contributed by atoms with Crippen LogP contribution in [0.25, 0.3) is 0 Å². The van der Waals surface area contributed by atoms with Gasteiger partial charge in [-0.05, 0) is 246 Å². The summed E-state index contributed by atoms with van der Waals surface area (Å²) in [5, 5.41) is 32.1. The van der Waals surface area contributed by atoms with Crippen LogP contribution in [0.3, 0.4) is 0 Å². The lowest BCUT2D eigenvalue weighted by Gasteiger charge is -2.43. The second kappa shape index (κ2) is 50.9. The van der Waals surface area contributed by atoms with E-state index in [0.29, 0.717) is 71.4 Å². The van der Waals surface area contributed by atoms with Crippen molar-refractivity contribution in [1.82, 2.24) is 76.0 Å². The van der Waals surface area contributed by atoms with Crippen molar-refractivity contribution in [3.8, 4) is 0 Å². The van der Waals surface area contributed by atoms with Crippen LogP contribution in [0, 0.1) is 0 Å². The van der Waals surface area contributed by atoms with E-state index in [1.54, 1.807) is 34.6 Å². The maximum Gasteiger partial charge on any atom is 0.220 e. The standard InChI is InChI=1S/2C24H30N4O2.2C19H28N4O2.C18H26N4O2/c2*1-17(29)23(18-7-3-2-4-8-18)28-15-21(16-28)26-22(30)11-5-10-20-13-12-19-9-6-14-25-24(19)27-20;1-13(14(2)24)23-11-17(12-23)21-18(25)7-3-6-16-9-8-15-5-4-10-20-19(15)22-16;1-14(24)11-23-12-17(13-23)21-18(25)7-3-2-6-16-9-8-15-5-4-10-20-19(15)22-16;1-13(23)10-22-11-16(12-22)20-17(24)6-2-5-15-8-7-14-4-3-9-19-18(14)21-15/h2*2-4,7-8,12-13,21,23H,5-6,9-11,14-16H2,1H3,(H,25,27)(H,26,30);8-9,13,17H,3-7,10-12H2,1-2H3,(H,20,22)(H,21,25);8-9,17H,2-7,10-13H2,1H3,(H,20,22)(H,21,25);7-8,16H,2-6,9-12H2,1H3,(H,19,21)(H,20,24)/t2*23-;;;/m10.../s1. The van der Waals surface area contributed by atoms with Gasteiger partial charge in [0.05, 0.1) is 61.4 Å². The number of nitrogens with zero attached hydrogens (tertiary/aromatic N) is 10. The van der Waals surface area contributed by atoms with Crippen LogP contribution in [0.1, 0.15) is 224 Å². The maximum atomic E-state index is 12.3. The van der Waals surface area contributed by atoms with Crippen molar-refractivity contribution in [2.75, 3.05) is 138 Å². The maximum absolute atomic E-state index is 12.3. The van der Waals surface area contributed by atoms with Crippen molar-refractivity contribution in [3.05, 3.63) is 189 Å². The van der Waals surface area contributed by atoms with Crippen molar-refractivity contribution in [3.63, 3.8) is 0 Å². The van der Waals surface area contributed by atoms with Gasteiger partial charge in [0.25, 0.3) is 0 Å². The molecule has 1 unspecified atom stereocenters. The number of anilines is 5. The lowest BCUT2D eigenvalue weighted by molar-refractivity contribution is -0.128. The molecule has 0 saturated carbocycles. The fourth-order valence-electron chi connectivity index (χ4n) is 19.0. The highest BCUT2D eigenvalue weighted by Crippen LogP contribution is 2.32. The quantitative estimate of drug-likeness (QED) is 0.0161. The first-order valence-corrected chi connectivity index (χ1v) is 49.3. The first-order valence-electron chi connectivity index (χ1n) is 49.3. The molecule has 10 N–H and O–H groups in total. The van der Waals surface area contributed by atoms with Crippen LogP contribution >= 0.6 is 0 Å². The van der Waals surface area contributed by atoms with Gasteiger partial charge in [0, 0.05) is 159 Å². The van der Waals surface area contributed by atoms with Gasteiger partial charge < -0.3 is 53.2 Å². The third-order valence-corrected chi connectivity index (χ3v) is 26.4.